The molecular weight excluding hydrogens is 392 g/mol. The number of carbonyl (C=O) groups is 1. The van der Waals surface area contributed by atoms with E-state index >= 15 is 0 Å². The zero-order valence-electron chi connectivity index (χ0n) is 21.7. The summed E-state index contributed by atoms with van der Waals surface area (Å²) in [7, 11) is 0. The van der Waals surface area contributed by atoms with Gasteiger partial charge in [-0.1, -0.05) is 40.7 Å². The van der Waals surface area contributed by atoms with Crippen molar-refractivity contribution in [2.75, 3.05) is 0 Å². The van der Waals surface area contributed by atoms with Crippen molar-refractivity contribution in [3.63, 3.8) is 0 Å². The minimum atomic E-state index is -0.106. The monoisotopic (exact) mass is 440 g/mol. The van der Waals surface area contributed by atoms with Crippen LogP contribution in [0.3, 0.4) is 0 Å². The summed E-state index contributed by atoms with van der Waals surface area (Å²) in [5.41, 5.74) is 3.05. The fourth-order valence-corrected chi connectivity index (χ4v) is 11.1. The highest BCUT2D eigenvalue weighted by atomic mass is 16.3. The van der Waals surface area contributed by atoms with Crippen LogP contribution < -0.4 is 0 Å². The smallest absolute Gasteiger partial charge is 0.145 e. The first kappa shape index (κ1) is 23.1. The summed E-state index contributed by atoms with van der Waals surface area (Å²) in [6.45, 7) is 14.6. The first-order valence-corrected chi connectivity index (χ1v) is 13.8. The van der Waals surface area contributed by atoms with E-state index in [2.05, 4.69) is 40.7 Å². The molecule has 0 amide bonds. The van der Waals surface area contributed by atoms with Gasteiger partial charge in [-0.3, -0.25) is 4.79 Å². The van der Waals surface area contributed by atoms with Crippen LogP contribution in [0.5, 0.6) is 0 Å². The third-order valence-electron chi connectivity index (χ3n) is 13.1. The molecule has 5 saturated carbocycles. The Hall–Kier alpha value is -0.630. The summed E-state index contributed by atoms with van der Waals surface area (Å²) in [6, 6.07) is 0. The van der Waals surface area contributed by atoms with E-state index in [1.807, 2.05) is 6.92 Å². The van der Waals surface area contributed by atoms with Crippen molar-refractivity contribution in [3.8, 4) is 0 Å². The molecule has 0 heterocycles. The van der Waals surface area contributed by atoms with Gasteiger partial charge in [-0.15, -0.1) is 0 Å². The minimum absolute atomic E-state index is 0.0915. The van der Waals surface area contributed by atoms with Crippen LogP contribution in [0.2, 0.25) is 0 Å². The van der Waals surface area contributed by atoms with Crippen molar-refractivity contribution in [2.24, 2.45) is 50.7 Å². The average Bonchev–Trinajstić information content (AvgIpc) is 3.33. The number of rotatable bonds is 5. The third kappa shape index (κ3) is 2.71. The van der Waals surface area contributed by atoms with Gasteiger partial charge in [0.15, 0.2) is 0 Å². The molecular formula is C30H48O2. The summed E-state index contributed by atoms with van der Waals surface area (Å²) in [6.07, 6.45) is 17.5. The molecule has 2 spiro atoms. The molecule has 2 heteroatoms. The molecule has 0 saturated heterocycles. The second-order valence-corrected chi connectivity index (χ2v) is 14.1. The number of hydrogen-bond acceptors (Lipinski definition) is 2. The van der Waals surface area contributed by atoms with Gasteiger partial charge in [-0.25, -0.2) is 0 Å². The highest BCUT2D eigenvalue weighted by molar-refractivity contribution is 5.71. The Kier molecular flexibility index (Phi) is 5.20. The third-order valence-corrected chi connectivity index (χ3v) is 13.1. The molecule has 0 aromatic heterocycles. The molecule has 180 valence electrons. The molecule has 1 N–H and O–H groups in total. The van der Waals surface area contributed by atoms with Gasteiger partial charge in [0.1, 0.15) is 6.29 Å². The molecule has 5 aliphatic carbocycles. The molecule has 0 aromatic rings. The molecule has 0 unspecified atom stereocenters. The second kappa shape index (κ2) is 7.19. The van der Waals surface area contributed by atoms with Crippen LogP contribution in [0, 0.1) is 50.7 Å². The first-order chi connectivity index (χ1) is 15.0. The SMILES string of the molecule is C/C(C=O)=C/CC[C@@H](C)[C@H]1CC[C@@]2(C)[C@@H]3CC[C@@H]4C(C)(C)[C@@H](O)CC[C@@]45C[C@@]35CC[C@]12C. The first-order valence-electron chi connectivity index (χ1n) is 13.8. The summed E-state index contributed by atoms with van der Waals surface area (Å²) < 4.78 is 0. The number of allylic oxidation sites excluding steroid dienone is 2. The van der Waals surface area contributed by atoms with E-state index in [-0.39, 0.29) is 11.5 Å². The molecule has 5 aliphatic rings. The molecule has 5 fully saturated rings. The van der Waals surface area contributed by atoms with E-state index in [1.54, 1.807) is 0 Å². The van der Waals surface area contributed by atoms with Crippen molar-refractivity contribution in [2.45, 2.75) is 118 Å². The lowest BCUT2D eigenvalue weighted by Gasteiger charge is -2.63. The number of hydrogen-bond donors (Lipinski definition) is 1. The van der Waals surface area contributed by atoms with Crippen LogP contribution in [-0.4, -0.2) is 17.5 Å². The van der Waals surface area contributed by atoms with Gasteiger partial charge in [0.2, 0.25) is 0 Å². The number of aliphatic hydroxyl groups excluding tert-OH is 1. The van der Waals surface area contributed by atoms with Gasteiger partial charge in [-0.2, -0.15) is 0 Å². The summed E-state index contributed by atoms with van der Waals surface area (Å²) in [5, 5.41) is 10.8. The lowest BCUT2D eigenvalue weighted by atomic mass is 9.41. The topological polar surface area (TPSA) is 37.3 Å². The molecule has 9 atom stereocenters. The lowest BCUT2D eigenvalue weighted by Crippen LogP contribution is -2.57. The van der Waals surface area contributed by atoms with E-state index in [9.17, 15) is 9.90 Å². The fourth-order valence-electron chi connectivity index (χ4n) is 11.1. The van der Waals surface area contributed by atoms with E-state index in [4.69, 9.17) is 0 Å². The Labute approximate surface area is 197 Å². The Morgan fingerprint density at radius 1 is 0.938 bits per heavy atom. The van der Waals surface area contributed by atoms with E-state index in [1.165, 1.54) is 57.8 Å². The van der Waals surface area contributed by atoms with Crippen LogP contribution in [0.15, 0.2) is 11.6 Å². The van der Waals surface area contributed by atoms with Gasteiger partial charge >= 0.3 is 0 Å². The Balaban J connectivity index is 1.39. The number of carbonyl (C=O) groups excluding carboxylic acids is 1. The van der Waals surface area contributed by atoms with Gasteiger partial charge in [0.25, 0.3) is 0 Å². The van der Waals surface area contributed by atoms with E-state index < -0.39 is 0 Å². The zero-order chi connectivity index (χ0) is 23.2. The molecule has 0 radical (unpaired) electrons. The summed E-state index contributed by atoms with van der Waals surface area (Å²) >= 11 is 0. The normalized spacial score (nSPS) is 52.3. The van der Waals surface area contributed by atoms with Crippen LogP contribution in [0.25, 0.3) is 0 Å². The predicted molar refractivity (Wildman–Crippen MR) is 131 cm³/mol. The second-order valence-electron chi connectivity index (χ2n) is 14.1. The largest absolute Gasteiger partial charge is 0.393 e. The van der Waals surface area contributed by atoms with E-state index in [0.717, 1.165) is 48.4 Å². The highest BCUT2D eigenvalue weighted by Crippen LogP contribution is 2.89. The van der Waals surface area contributed by atoms with Crippen LogP contribution in [0.4, 0.5) is 0 Å². The van der Waals surface area contributed by atoms with Crippen LogP contribution in [0.1, 0.15) is 112 Å². The van der Waals surface area contributed by atoms with Gasteiger partial charge < -0.3 is 5.11 Å². The predicted octanol–water partition coefficient (Wildman–Crippen LogP) is 7.35. The van der Waals surface area contributed by atoms with E-state index in [0.29, 0.717) is 21.7 Å². The molecule has 5 rings (SSSR count). The summed E-state index contributed by atoms with van der Waals surface area (Å²) in [5.74, 6) is 3.18. The highest BCUT2D eigenvalue weighted by Gasteiger charge is 2.82. The van der Waals surface area contributed by atoms with Crippen molar-refractivity contribution < 1.29 is 9.90 Å². The quantitative estimate of drug-likeness (QED) is 0.358. The minimum Gasteiger partial charge on any atom is -0.393 e. The Bertz CT molecular complexity index is 812. The van der Waals surface area contributed by atoms with Gasteiger partial charge in [0.05, 0.1) is 6.10 Å². The van der Waals surface area contributed by atoms with Crippen LogP contribution in [-0.2, 0) is 4.79 Å². The summed E-state index contributed by atoms with van der Waals surface area (Å²) in [4.78, 5) is 11.0. The fraction of sp³-hybridized carbons (Fsp3) is 0.900. The van der Waals surface area contributed by atoms with Crippen molar-refractivity contribution in [3.05, 3.63) is 11.6 Å². The zero-order valence-corrected chi connectivity index (χ0v) is 21.7. The molecule has 0 bridgehead atoms. The van der Waals surface area contributed by atoms with Gasteiger partial charge in [0, 0.05) is 0 Å². The number of aldehydes is 1. The Morgan fingerprint density at radius 2 is 1.62 bits per heavy atom. The average molecular weight is 441 g/mol. The maximum absolute atomic E-state index is 11.0. The molecule has 0 aromatic carbocycles. The van der Waals surface area contributed by atoms with Crippen molar-refractivity contribution in [1.29, 1.82) is 0 Å². The maximum atomic E-state index is 11.0. The maximum Gasteiger partial charge on any atom is 0.145 e. The molecule has 2 nitrogen and oxygen atoms in total. The standard InChI is InChI=1S/C30H48O2/c1-20(18-31)8-7-9-21(2)22-12-14-28(6)24-11-10-23-26(3,4)25(32)13-15-29(23)19-30(24,29)17-16-27(22,28)5/h8,18,21-25,32H,7,9-17,19H2,1-6H3/b20-8-/t21-,22-,23-,24+,25+,27-,28+,29-,30+/m1/s1. The van der Waals surface area contributed by atoms with Crippen molar-refractivity contribution >= 4 is 6.29 Å². The number of aliphatic hydroxyl groups is 1. The molecule has 32 heavy (non-hydrogen) atoms. The number of fused-ring (bicyclic) bond motifs is 2. The Morgan fingerprint density at radius 3 is 2.34 bits per heavy atom. The van der Waals surface area contributed by atoms with Gasteiger partial charge in [-0.05, 0) is 134 Å². The molecule has 0 aliphatic heterocycles. The van der Waals surface area contributed by atoms with Crippen molar-refractivity contribution in [1.82, 2.24) is 0 Å². The lowest BCUT2D eigenvalue weighted by molar-refractivity contribution is -0.161. The van der Waals surface area contributed by atoms with Crippen LogP contribution >= 0.6 is 0 Å².